The van der Waals surface area contributed by atoms with Gasteiger partial charge in [0.25, 0.3) is 0 Å². The second kappa shape index (κ2) is 7.38. The fourth-order valence-electron chi connectivity index (χ4n) is 1.72. The molecule has 0 aromatic carbocycles. The molecule has 18 heavy (non-hydrogen) atoms. The van der Waals surface area contributed by atoms with Crippen molar-refractivity contribution in [1.29, 1.82) is 0 Å². The van der Waals surface area contributed by atoms with Crippen LogP contribution in [-0.4, -0.2) is 34.4 Å². The van der Waals surface area contributed by atoms with Crippen molar-refractivity contribution in [3.63, 3.8) is 0 Å². The molecule has 5 heteroatoms. The van der Waals surface area contributed by atoms with E-state index in [-0.39, 0.29) is 0 Å². The average Bonchev–Trinajstić information content (AvgIpc) is 2.26. The molecule has 0 aliphatic rings. The van der Waals surface area contributed by atoms with Gasteiger partial charge in [-0.15, -0.1) is 11.8 Å². The number of aryl methyl sites for hydroxylation is 2. The minimum absolute atomic E-state index is 0.464. The zero-order valence-corrected chi connectivity index (χ0v) is 11.9. The Kier molecular flexibility index (Phi) is 6.15. The molecule has 1 aromatic rings. The zero-order valence-electron chi connectivity index (χ0n) is 11.1. The van der Waals surface area contributed by atoms with E-state index in [2.05, 4.69) is 10.3 Å². The van der Waals surface area contributed by atoms with Gasteiger partial charge in [0.2, 0.25) is 0 Å². The van der Waals surface area contributed by atoms with Crippen molar-refractivity contribution in [2.24, 2.45) is 0 Å². The summed E-state index contributed by atoms with van der Waals surface area (Å²) in [6.07, 6.45) is 0.600. The van der Waals surface area contributed by atoms with Gasteiger partial charge in [-0.1, -0.05) is 6.92 Å². The Morgan fingerprint density at radius 3 is 2.78 bits per heavy atom. The van der Waals surface area contributed by atoms with E-state index in [9.17, 15) is 4.79 Å². The second-order valence-electron chi connectivity index (χ2n) is 4.21. The predicted octanol–water partition coefficient (Wildman–Crippen LogP) is 2.24. The van der Waals surface area contributed by atoms with E-state index in [1.54, 1.807) is 11.8 Å². The van der Waals surface area contributed by atoms with E-state index >= 15 is 0 Å². The first-order chi connectivity index (χ1) is 8.52. The molecule has 100 valence electrons. The monoisotopic (exact) mass is 268 g/mol. The van der Waals surface area contributed by atoms with Gasteiger partial charge in [0, 0.05) is 11.4 Å². The molecule has 1 atom stereocenters. The summed E-state index contributed by atoms with van der Waals surface area (Å²) in [5.74, 6) is -0.0364. The summed E-state index contributed by atoms with van der Waals surface area (Å²) < 4.78 is 0. The first-order valence-electron chi connectivity index (χ1n) is 6.07. The first-order valence-corrected chi connectivity index (χ1v) is 7.05. The number of carboxylic acid groups (broad SMARTS) is 1. The highest BCUT2D eigenvalue weighted by molar-refractivity contribution is 7.99. The van der Waals surface area contributed by atoms with Crippen LogP contribution in [0.25, 0.3) is 0 Å². The number of hydrogen-bond donors (Lipinski definition) is 2. The Labute approximate surface area is 112 Å². The number of nitrogens with one attached hydrogen (secondary N) is 1. The number of pyridine rings is 1. The lowest BCUT2D eigenvalue weighted by Gasteiger charge is -2.12. The summed E-state index contributed by atoms with van der Waals surface area (Å²) in [5.41, 5.74) is 2.19. The summed E-state index contributed by atoms with van der Waals surface area (Å²) in [6.45, 7) is 6.59. The van der Waals surface area contributed by atoms with Crippen LogP contribution >= 0.6 is 11.8 Å². The van der Waals surface area contributed by atoms with Gasteiger partial charge in [-0.3, -0.25) is 4.79 Å². The topological polar surface area (TPSA) is 62.2 Å². The Morgan fingerprint density at radius 2 is 2.22 bits per heavy atom. The maximum absolute atomic E-state index is 11.0. The molecule has 0 radical (unpaired) electrons. The molecular weight excluding hydrogens is 248 g/mol. The van der Waals surface area contributed by atoms with E-state index in [1.165, 1.54) is 5.56 Å². The highest BCUT2D eigenvalue weighted by Crippen LogP contribution is 2.19. The van der Waals surface area contributed by atoms with Crippen LogP contribution in [0.3, 0.4) is 0 Å². The Bertz CT molecular complexity index is 390. The third-order valence-electron chi connectivity index (χ3n) is 2.48. The molecular formula is C13H20N2O2S. The van der Waals surface area contributed by atoms with Gasteiger partial charge in [0.05, 0.1) is 5.03 Å². The van der Waals surface area contributed by atoms with Crippen LogP contribution in [0.5, 0.6) is 0 Å². The third-order valence-corrected chi connectivity index (χ3v) is 3.42. The summed E-state index contributed by atoms with van der Waals surface area (Å²) in [4.78, 5) is 15.4. The number of aromatic nitrogens is 1. The molecule has 0 amide bonds. The van der Waals surface area contributed by atoms with Crippen LogP contribution in [0, 0.1) is 13.8 Å². The molecule has 0 spiro atoms. The third kappa shape index (κ3) is 5.06. The lowest BCUT2D eigenvalue weighted by Crippen LogP contribution is -2.36. The van der Waals surface area contributed by atoms with Gasteiger partial charge in [-0.25, -0.2) is 4.98 Å². The molecule has 0 bridgehead atoms. The van der Waals surface area contributed by atoms with Crippen molar-refractivity contribution in [3.8, 4) is 0 Å². The van der Waals surface area contributed by atoms with Crippen LogP contribution in [0.2, 0.25) is 0 Å². The van der Waals surface area contributed by atoms with Crippen LogP contribution < -0.4 is 5.32 Å². The van der Waals surface area contributed by atoms with Crippen molar-refractivity contribution in [2.75, 3.05) is 12.3 Å². The largest absolute Gasteiger partial charge is 0.480 e. The van der Waals surface area contributed by atoms with Gasteiger partial charge in [0.1, 0.15) is 6.04 Å². The van der Waals surface area contributed by atoms with E-state index in [0.29, 0.717) is 13.0 Å². The molecule has 0 aliphatic carbocycles. The predicted molar refractivity (Wildman–Crippen MR) is 74.2 cm³/mol. The molecule has 1 aromatic heterocycles. The van der Waals surface area contributed by atoms with Crippen molar-refractivity contribution < 1.29 is 9.90 Å². The molecule has 1 unspecified atom stereocenters. The number of likely N-dealkylation sites (N-methyl/N-ethyl adjacent to an activating group) is 1. The maximum Gasteiger partial charge on any atom is 0.320 e. The Morgan fingerprint density at radius 1 is 1.50 bits per heavy atom. The standard InChI is InChI=1S/C13H20N2O2S/c1-4-14-11(13(16)17)5-6-18-12-8-9(2)7-10(3)15-12/h7-8,11,14H,4-6H2,1-3H3,(H,16,17). The van der Waals surface area contributed by atoms with E-state index in [4.69, 9.17) is 5.11 Å². The van der Waals surface area contributed by atoms with E-state index < -0.39 is 12.0 Å². The summed E-state index contributed by atoms with van der Waals surface area (Å²) >= 11 is 1.61. The highest BCUT2D eigenvalue weighted by Gasteiger charge is 2.15. The fourth-order valence-corrected chi connectivity index (χ4v) is 2.76. The number of hydrogen-bond acceptors (Lipinski definition) is 4. The quantitative estimate of drug-likeness (QED) is 0.743. The number of nitrogens with zero attached hydrogens (tertiary/aromatic N) is 1. The van der Waals surface area contributed by atoms with Gasteiger partial charge in [-0.05, 0) is 44.5 Å². The lowest BCUT2D eigenvalue weighted by molar-refractivity contribution is -0.139. The van der Waals surface area contributed by atoms with Crippen LogP contribution in [0.1, 0.15) is 24.6 Å². The Balaban J connectivity index is 2.47. The van der Waals surface area contributed by atoms with Crippen molar-refractivity contribution in [2.45, 2.75) is 38.3 Å². The molecule has 0 aliphatic heterocycles. The van der Waals surface area contributed by atoms with Crippen molar-refractivity contribution >= 4 is 17.7 Å². The molecule has 0 saturated carbocycles. The molecule has 0 fully saturated rings. The highest BCUT2D eigenvalue weighted by atomic mass is 32.2. The summed E-state index contributed by atoms with van der Waals surface area (Å²) in [5, 5.41) is 12.9. The second-order valence-corrected chi connectivity index (χ2v) is 5.32. The lowest BCUT2D eigenvalue weighted by atomic mass is 10.2. The minimum Gasteiger partial charge on any atom is -0.480 e. The fraction of sp³-hybridized carbons (Fsp3) is 0.538. The van der Waals surface area contributed by atoms with Crippen molar-refractivity contribution in [3.05, 3.63) is 23.4 Å². The van der Waals surface area contributed by atoms with Gasteiger partial charge < -0.3 is 10.4 Å². The van der Waals surface area contributed by atoms with Gasteiger partial charge >= 0.3 is 5.97 Å². The van der Waals surface area contributed by atoms with Crippen molar-refractivity contribution in [1.82, 2.24) is 10.3 Å². The minimum atomic E-state index is -0.786. The number of aliphatic carboxylic acids is 1. The summed E-state index contributed by atoms with van der Waals surface area (Å²) in [7, 11) is 0. The molecule has 1 heterocycles. The van der Waals surface area contributed by atoms with Crippen LogP contribution in [-0.2, 0) is 4.79 Å². The molecule has 4 nitrogen and oxygen atoms in total. The van der Waals surface area contributed by atoms with Crippen LogP contribution in [0.4, 0.5) is 0 Å². The molecule has 0 saturated heterocycles. The van der Waals surface area contributed by atoms with E-state index in [0.717, 1.165) is 16.5 Å². The zero-order chi connectivity index (χ0) is 13.5. The number of carboxylic acids is 1. The number of carbonyl (C=O) groups is 1. The molecule has 2 N–H and O–H groups in total. The smallest absolute Gasteiger partial charge is 0.320 e. The summed E-state index contributed by atoms with van der Waals surface area (Å²) in [6, 6.07) is 3.59. The maximum atomic E-state index is 11.0. The first kappa shape index (κ1) is 15.0. The number of rotatable bonds is 7. The van der Waals surface area contributed by atoms with Gasteiger partial charge in [0.15, 0.2) is 0 Å². The molecule has 1 rings (SSSR count). The number of thioether (sulfide) groups is 1. The SMILES string of the molecule is CCNC(CCSc1cc(C)cc(C)n1)C(=O)O. The normalized spacial score (nSPS) is 12.4. The van der Waals surface area contributed by atoms with E-state index in [1.807, 2.05) is 32.9 Å². The van der Waals surface area contributed by atoms with Gasteiger partial charge in [-0.2, -0.15) is 0 Å². The Hall–Kier alpha value is -1.07. The van der Waals surface area contributed by atoms with Crippen LogP contribution in [0.15, 0.2) is 17.2 Å². The average molecular weight is 268 g/mol.